The molecule has 0 aromatic heterocycles. The van der Waals surface area contributed by atoms with E-state index in [4.69, 9.17) is 0 Å². The molecule has 2 atom stereocenters. The summed E-state index contributed by atoms with van der Waals surface area (Å²) in [7, 11) is 0. The zero-order chi connectivity index (χ0) is 9.19. The molecule has 12 heavy (non-hydrogen) atoms. The van der Waals surface area contributed by atoms with Crippen LogP contribution < -0.4 is 0 Å². The lowest BCUT2D eigenvalue weighted by atomic mass is 9.64. The van der Waals surface area contributed by atoms with Crippen molar-refractivity contribution in [2.45, 2.75) is 52.9 Å². The molecular formula is C12H22. The Kier molecular flexibility index (Phi) is 2.98. The van der Waals surface area contributed by atoms with Crippen LogP contribution in [0.5, 0.6) is 0 Å². The molecule has 0 amide bonds. The van der Waals surface area contributed by atoms with Gasteiger partial charge in [-0.15, -0.1) is 0 Å². The second-order valence-electron chi connectivity index (χ2n) is 4.58. The Balaban J connectivity index is 2.70. The lowest BCUT2D eigenvalue weighted by molar-refractivity contribution is 0.135. The number of hydrogen-bond acceptors (Lipinski definition) is 0. The Morgan fingerprint density at radius 3 is 2.67 bits per heavy atom. The molecule has 0 spiro atoms. The Hall–Kier alpha value is -0.260. The molecule has 0 N–H and O–H groups in total. The first-order valence-corrected chi connectivity index (χ1v) is 5.29. The molecule has 0 bridgehead atoms. The van der Waals surface area contributed by atoms with Gasteiger partial charge in [0.1, 0.15) is 0 Å². The summed E-state index contributed by atoms with van der Waals surface area (Å²) >= 11 is 0. The van der Waals surface area contributed by atoms with E-state index in [0.29, 0.717) is 5.41 Å². The first kappa shape index (κ1) is 9.83. The highest BCUT2D eigenvalue weighted by Gasteiger charge is 2.34. The molecule has 1 rings (SSSR count). The van der Waals surface area contributed by atoms with Crippen molar-refractivity contribution in [1.29, 1.82) is 0 Å². The van der Waals surface area contributed by atoms with Gasteiger partial charge in [-0.25, -0.2) is 0 Å². The molecule has 0 aromatic rings. The van der Waals surface area contributed by atoms with Crippen LogP contribution in [0, 0.1) is 11.3 Å². The summed E-state index contributed by atoms with van der Waals surface area (Å²) < 4.78 is 0. The highest BCUT2D eigenvalue weighted by atomic mass is 14.4. The zero-order valence-corrected chi connectivity index (χ0v) is 8.82. The lowest BCUT2D eigenvalue weighted by Crippen LogP contribution is -2.30. The fourth-order valence-corrected chi connectivity index (χ4v) is 2.64. The first-order chi connectivity index (χ1) is 5.62. The van der Waals surface area contributed by atoms with Gasteiger partial charge in [0.15, 0.2) is 0 Å². The molecule has 0 aromatic carbocycles. The average Bonchev–Trinajstić information content (AvgIpc) is 2.05. The van der Waals surface area contributed by atoms with Crippen LogP contribution in [0.4, 0.5) is 0 Å². The van der Waals surface area contributed by atoms with Crippen molar-refractivity contribution >= 4 is 0 Å². The molecule has 1 aliphatic rings. The second-order valence-corrected chi connectivity index (χ2v) is 4.58. The van der Waals surface area contributed by atoms with Crippen molar-refractivity contribution < 1.29 is 0 Å². The SMILES string of the molecule is C=C1CC[C@H](CC)[C@](C)(CC)C1. The molecule has 1 fully saturated rings. The van der Waals surface area contributed by atoms with E-state index in [1.165, 1.54) is 37.7 Å². The van der Waals surface area contributed by atoms with Crippen LogP contribution in [-0.4, -0.2) is 0 Å². The summed E-state index contributed by atoms with van der Waals surface area (Å²) in [6.07, 6.45) is 6.57. The van der Waals surface area contributed by atoms with Crippen molar-refractivity contribution in [2.75, 3.05) is 0 Å². The Labute approximate surface area is 77.1 Å². The molecule has 1 saturated carbocycles. The molecule has 1 aliphatic carbocycles. The maximum absolute atomic E-state index is 4.13. The summed E-state index contributed by atoms with van der Waals surface area (Å²) in [6.45, 7) is 11.2. The van der Waals surface area contributed by atoms with E-state index in [9.17, 15) is 0 Å². The van der Waals surface area contributed by atoms with Gasteiger partial charge in [-0.05, 0) is 30.6 Å². The minimum atomic E-state index is 0.560. The molecule has 0 heterocycles. The van der Waals surface area contributed by atoms with Crippen LogP contribution in [0.25, 0.3) is 0 Å². The Bertz CT molecular complexity index is 169. The van der Waals surface area contributed by atoms with E-state index >= 15 is 0 Å². The van der Waals surface area contributed by atoms with E-state index in [2.05, 4.69) is 27.4 Å². The fraction of sp³-hybridized carbons (Fsp3) is 0.833. The van der Waals surface area contributed by atoms with Gasteiger partial charge < -0.3 is 0 Å². The third-order valence-corrected chi connectivity index (χ3v) is 3.79. The van der Waals surface area contributed by atoms with Gasteiger partial charge in [0.05, 0.1) is 0 Å². The zero-order valence-electron chi connectivity index (χ0n) is 8.82. The van der Waals surface area contributed by atoms with Gasteiger partial charge in [-0.3, -0.25) is 0 Å². The Morgan fingerprint density at radius 1 is 1.50 bits per heavy atom. The van der Waals surface area contributed by atoms with Gasteiger partial charge in [0, 0.05) is 0 Å². The van der Waals surface area contributed by atoms with Gasteiger partial charge in [0.2, 0.25) is 0 Å². The van der Waals surface area contributed by atoms with Crippen LogP contribution in [0.3, 0.4) is 0 Å². The molecular weight excluding hydrogens is 144 g/mol. The van der Waals surface area contributed by atoms with Crippen molar-refractivity contribution in [1.82, 2.24) is 0 Å². The predicted octanol–water partition coefficient (Wildman–Crippen LogP) is 4.17. The third-order valence-electron chi connectivity index (χ3n) is 3.79. The van der Waals surface area contributed by atoms with E-state index in [1.54, 1.807) is 0 Å². The summed E-state index contributed by atoms with van der Waals surface area (Å²) in [5.74, 6) is 0.938. The maximum atomic E-state index is 4.13. The monoisotopic (exact) mass is 166 g/mol. The topological polar surface area (TPSA) is 0 Å². The lowest BCUT2D eigenvalue weighted by Gasteiger charge is -2.41. The largest absolute Gasteiger partial charge is 0.0998 e. The summed E-state index contributed by atoms with van der Waals surface area (Å²) in [6, 6.07) is 0. The van der Waals surface area contributed by atoms with Gasteiger partial charge in [-0.1, -0.05) is 45.8 Å². The number of rotatable bonds is 2. The highest BCUT2D eigenvalue weighted by Crippen LogP contribution is 2.46. The molecule has 0 saturated heterocycles. The third kappa shape index (κ3) is 1.73. The molecule has 0 unspecified atom stereocenters. The van der Waals surface area contributed by atoms with Gasteiger partial charge in [0.25, 0.3) is 0 Å². The average molecular weight is 166 g/mol. The van der Waals surface area contributed by atoms with Crippen molar-refractivity contribution in [2.24, 2.45) is 11.3 Å². The quantitative estimate of drug-likeness (QED) is 0.540. The van der Waals surface area contributed by atoms with Crippen LogP contribution in [0.2, 0.25) is 0 Å². The normalized spacial score (nSPS) is 36.9. The van der Waals surface area contributed by atoms with Crippen LogP contribution in [-0.2, 0) is 0 Å². The van der Waals surface area contributed by atoms with E-state index in [1.807, 2.05) is 0 Å². The second kappa shape index (κ2) is 3.64. The summed E-state index contributed by atoms with van der Waals surface area (Å²) in [5.41, 5.74) is 2.04. The molecule has 0 radical (unpaired) electrons. The number of hydrogen-bond donors (Lipinski definition) is 0. The number of allylic oxidation sites excluding steroid dienone is 1. The fourth-order valence-electron chi connectivity index (χ4n) is 2.64. The molecule has 0 heteroatoms. The Morgan fingerprint density at radius 2 is 2.17 bits per heavy atom. The van der Waals surface area contributed by atoms with Crippen molar-refractivity contribution in [3.8, 4) is 0 Å². The standard InChI is InChI=1S/C12H22/c1-5-11-8-7-10(3)9-12(11,4)6-2/h11H,3,5-9H2,1-2,4H3/t11-,12+/m0/s1. The highest BCUT2D eigenvalue weighted by molar-refractivity contribution is 5.05. The minimum Gasteiger partial charge on any atom is -0.0998 e. The van der Waals surface area contributed by atoms with Crippen molar-refractivity contribution in [3.05, 3.63) is 12.2 Å². The smallest absolute Gasteiger partial charge is 0.0263 e. The van der Waals surface area contributed by atoms with E-state index < -0.39 is 0 Å². The van der Waals surface area contributed by atoms with Crippen molar-refractivity contribution in [3.63, 3.8) is 0 Å². The molecule has 70 valence electrons. The minimum absolute atomic E-state index is 0.560. The van der Waals surface area contributed by atoms with Crippen LogP contribution >= 0.6 is 0 Å². The maximum Gasteiger partial charge on any atom is -0.0263 e. The van der Waals surface area contributed by atoms with E-state index in [0.717, 1.165) is 5.92 Å². The van der Waals surface area contributed by atoms with Crippen LogP contribution in [0.1, 0.15) is 52.9 Å². The molecule has 0 aliphatic heterocycles. The van der Waals surface area contributed by atoms with Crippen LogP contribution in [0.15, 0.2) is 12.2 Å². The van der Waals surface area contributed by atoms with Gasteiger partial charge in [-0.2, -0.15) is 0 Å². The van der Waals surface area contributed by atoms with E-state index in [-0.39, 0.29) is 0 Å². The first-order valence-electron chi connectivity index (χ1n) is 5.29. The predicted molar refractivity (Wildman–Crippen MR) is 55.2 cm³/mol. The summed E-state index contributed by atoms with van der Waals surface area (Å²) in [5, 5.41) is 0. The van der Waals surface area contributed by atoms with Gasteiger partial charge >= 0.3 is 0 Å². The molecule has 0 nitrogen and oxygen atoms in total. The summed E-state index contributed by atoms with van der Waals surface area (Å²) in [4.78, 5) is 0.